The van der Waals surface area contributed by atoms with Crippen molar-refractivity contribution in [1.29, 1.82) is 0 Å². The first-order chi connectivity index (χ1) is 17.3. The molecule has 2 N–H and O–H groups in total. The second kappa shape index (κ2) is 11.5. The lowest BCUT2D eigenvalue weighted by Crippen LogP contribution is -2.42. The van der Waals surface area contributed by atoms with Gasteiger partial charge < -0.3 is 10.4 Å². The first kappa shape index (κ1) is 25.5. The molecule has 3 aromatic rings. The summed E-state index contributed by atoms with van der Waals surface area (Å²) in [6.45, 7) is 2.41. The van der Waals surface area contributed by atoms with Gasteiger partial charge in [-0.3, -0.25) is 9.69 Å². The smallest absolute Gasteiger partial charge is 0.326 e. The van der Waals surface area contributed by atoms with Crippen LogP contribution in [-0.4, -0.2) is 41.0 Å². The summed E-state index contributed by atoms with van der Waals surface area (Å²) < 4.78 is 26.8. The monoisotopic (exact) mass is 510 g/mol. The van der Waals surface area contributed by atoms with Crippen LogP contribution in [0.1, 0.15) is 33.5 Å². The molecular weight excluding hydrogens is 486 g/mol. The number of nitrogens with zero attached hydrogens (tertiary/aromatic N) is 1. The van der Waals surface area contributed by atoms with Gasteiger partial charge in [-0.15, -0.1) is 0 Å². The number of nitrogens with one attached hydrogen (secondary N) is 1. The van der Waals surface area contributed by atoms with E-state index in [1.807, 2.05) is 24.3 Å². The third kappa shape index (κ3) is 6.36. The number of amides is 1. The molecule has 4 rings (SSSR count). The standard InChI is InChI=1S/C28H25ClF2N2O3/c29-26-23(2-1-3-24(26)31)27(34)32-25(28(35)36)16-18-4-8-20(9-5-18)21-12-14-33(15-13-21)17-19-6-10-22(30)11-7-19/h1-12,25H,13-17H2,(H,32,34)(H,35,36)/t25-/m0/s1. The van der Waals surface area contributed by atoms with Crippen molar-refractivity contribution in [2.24, 2.45) is 0 Å². The van der Waals surface area contributed by atoms with Gasteiger partial charge in [0.2, 0.25) is 0 Å². The Morgan fingerprint density at radius 1 is 1.00 bits per heavy atom. The van der Waals surface area contributed by atoms with E-state index in [0.29, 0.717) is 0 Å². The van der Waals surface area contributed by atoms with Crippen LogP contribution in [0.5, 0.6) is 0 Å². The van der Waals surface area contributed by atoms with E-state index in [0.717, 1.165) is 48.8 Å². The Hall–Kier alpha value is -3.55. The maximum atomic E-state index is 13.7. The van der Waals surface area contributed by atoms with Gasteiger partial charge in [-0.1, -0.05) is 60.1 Å². The van der Waals surface area contributed by atoms with Gasteiger partial charge in [-0.2, -0.15) is 0 Å². The zero-order valence-corrected chi connectivity index (χ0v) is 20.1. The maximum absolute atomic E-state index is 13.7. The third-order valence-corrected chi connectivity index (χ3v) is 6.56. The lowest BCUT2D eigenvalue weighted by molar-refractivity contribution is -0.139. The van der Waals surface area contributed by atoms with Crippen molar-refractivity contribution in [2.75, 3.05) is 13.1 Å². The molecule has 0 bridgehead atoms. The van der Waals surface area contributed by atoms with Crippen LogP contribution < -0.4 is 5.32 Å². The zero-order chi connectivity index (χ0) is 25.7. The SMILES string of the molecule is O=C(N[C@@H](Cc1ccc(C2=CCN(Cc3ccc(F)cc3)CC2)cc1)C(=O)O)c1cccc(F)c1Cl. The highest BCUT2D eigenvalue weighted by Gasteiger charge is 2.23. The van der Waals surface area contributed by atoms with Crippen molar-refractivity contribution in [3.63, 3.8) is 0 Å². The number of benzene rings is 3. The Morgan fingerprint density at radius 2 is 1.69 bits per heavy atom. The van der Waals surface area contributed by atoms with E-state index in [9.17, 15) is 23.5 Å². The summed E-state index contributed by atoms with van der Waals surface area (Å²) >= 11 is 5.85. The highest BCUT2D eigenvalue weighted by molar-refractivity contribution is 6.34. The number of halogens is 3. The van der Waals surface area contributed by atoms with Gasteiger partial charge in [0, 0.05) is 26.1 Å². The fourth-order valence-electron chi connectivity index (χ4n) is 4.17. The van der Waals surface area contributed by atoms with E-state index in [2.05, 4.69) is 16.3 Å². The average Bonchev–Trinajstić information content (AvgIpc) is 2.87. The summed E-state index contributed by atoms with van der Waals surface area (Å²) in [5, 5.41) is 11.7. The largest absolute Gasteiger partial charge is 0.480 e. The van der Waals surface area contributed by atoms with E-state index in [1.165, 1.54) is 29.8 Å². The molecule has 5 nitrogen and oxygen atoms in total. The van der Waals surface area contributed by atoms with Gasteiger partial charge in [0.15, 0.2) is 0 Å². The molecule has 0 spiro atoms. The summed E-state index contributed by atoms with van der Waals surface area (Å²) in [6.07, 6.45) is 3.10. The Morgan fingerprint density at radius 3 is 2.33 bits per heavy atom. The van der Waals surface area contributed by atoms with Crippen LogP contribution in [-0.2, 0) is 17.8 Å². The highest BCUT2D eigenvalue weighted by atomic mass is 35.5. The summed E-state index contributed by atoms with van der Waals surface area (Å²) in [5.74, 6) is -2.93. The molecule has 0 aromatic heterocycles. The average molecular weight is 511 g/mol. The van der Waals surface area contributed by atoms with E-state index in [-0.39, 0.29) is 22.8 Å². The number of hydrogen-bond donors (Lipinski definition) is 2. The Balaban J connectivity index is 1.36. The second-order valence-corrected chi connectivity index (χ2v) is 9.09. The number of rotatable bonds is 8. The van der Waals surface area contributed by atoms with Gasteiger partial charge in [-0.05, 0) is 52.9 Å². The molecule has 186 valence electrons. The number of hydrogen-bond acceptors (Lipinski definition) is 3. The van der Waals surface area contributed by atoms with Crippen molar-refractivity contribution in [1.82, 2.24) is 10.2 Å². The molecular formula is C28H25ClF2N2O3. The van der Waals surface area contributed by atoms with Gasteiger partial charge in [0.25, 0.3) is 5.91 Å². The van der Waals surface area contributed by atoms with E-state index in [4.69, 9.17) is 11.6 Å². The molecule has 1 amide bonds. The highest BCUT2D eigenvalue weighted by Crippen LogP contribution is 2.24. The molecule has 0 aliphatic carbocycles. The maximum Gasteiger partial charge on any atom is 0.326 e. The Labute approximate surface area is 213 Å². The van der Waals surface area contributed by atoms with Crippen molar-refractivity contribution < 1.29 is 23.5 Å². The van der Waals surface area contributed by atoms with Crippen LogP contribution in [0.3, 0.4) is 0 Å². The van der Waals surface area contributed by atoms with E-state index >= 15 is 0 Å². The van der Waals surface area contributed by atoms with E-state index in [1.54, 1.807) is 12.1 Å². The number of carboxylic acids is 1. The molecule has 0 fully saturated rings. The minimum atomic E-state index is -1.20. The molecule has 3 aromatic carbocycles. The molecule has 0 saturated heterocycles. The normalized spacial score (nSPS) is 14.7. The topological polar surface area (TPSA) is 69.6 Å². The lowest BCUT2D eigenvalue weighted by Gasteiger charge is -2.26. The van der Waals surface area contributed by atoms with Crippen LogP contribution in [0.4, 0.5) is 8.78 Å². The summed E-state index contributed by atoms with van der Waals surface area (Å²) in [7, 11) is 0. The summed E-state index contributed by atoms with van der Waals surface area (Å²) in [4.78, 5) is 26.5. The lowest BCUT2D eigenvalue weighted by atomic mass is 9.96. The van der Waals surface area contributed by atoms with Crippen LogP contribution >= 0.6 is 11.6 Å². The molecule has 0 radical (unpaired) electrons. The first-order valence-electron chi connectivity index (χ1n) is 11.5. The predicted octanol–water partition coefficient (Wildman–Crippen LogP) is 5.33. The van der Waals surface area contributed by atoms with Crippen LogP contribution in [0, 0.1) is 11.6 Å². The van der Waals surface area contributed by atoms with Crippen molar-refractivity contribution in [3.8, 4) is 0 Å². The van der Waals surface area contributed by atoms with Gasteiger partial charge in [0.05, 0.1) is 10.6 Å². The number of aliphatic carboxylic acids is 1. The molecule has 1 atom stereocenters. The number of carbonyl (C=O) groups is 2. The summed E-state index contributed by atoms with van der Waals surface area (Å²) in [5.41, 5.74) is 3.96. The molecule has 1 aliphatic rings. The molecule has 1 heterocycles. The minimum Gasteiger partial charge on any atom is -0.480 e. The molecule has 0 saturated carbocycles. The summed E-state index contributed by atoms with van der Waals surface area (Å²) in [6, 6.07) is 16.7. The molecule has 0 unspecified atom stereocenters. The first-order valence-corrected chi connectivity index (χ1v) is 11.9. The van der Waals surface area contributed by atoms with E-state index < -0.39 is 23.7 Å². The third-order valence-electron chi connectivity index (χ3n) is 6.18. The van der Waals surface area contributed by atoms with Crippen molar-refractivity contribution in [3.05, 3.63) is 112 Å². The van der Waals surface area contributed by atoms with Gasteiger partial charge in [0.1, 0.15) is 17.7 Å². The second-order valence-electron chi connectivity index (χ2n) is 8.71. The quantitative estimate of drug-likeness (QED) is 0.429. The number of carboxylic acid groups (broad SMARTS) is 1. The Kier molecular flexibility index (Phi) is 8.13. The minimum absolute atomic E-state index is 0.0682. The van der Waals surface area contributed by atoms with Crippen LogP contribution in [0.15, 0.2) is 72.8 Å². The fraction of sp³-hybridized carbons (Fsp3) is 0.214. The van der Waals surface area contributed by atoms with Crippen LogP contribution in [0.2, 0.25) is 5.02 Å². The van der Waals surface area contributed by atoms with Gasteiger partial charge >= 0.3 is 5.97 Å². The molecule has 36 heavy (non-hydrogen) atoms. The Bertz CT molecular complexity index is 1280. The number of carbonyl (C=O) groups excluding carboxylic acids is 1. The van der Waals surface area contributed by atoms with Crippen molar-refractivity contribution >= 4 is 29.1 Å². The fourth-order valence-corrected chi connectivity index (χ4v) is 4.38. The molecule has 8 heteroatoms. The van der Waals surface area contributed by atoms with Crippen molar-refractivity contribution in [2.45, 2.75) is 25.4 Å². The van der Waals surface area contributed by atoms with Crippen LogP contribution in [0.25, 0.3) is 5.57 Å². The zero-order valence-electron chi connectivity index (χ0n) is 19.4. The predicted molar refractivity (Wildman–Crippen MR) is 135 cm³/mol. The van der Waals surface area contributed by atoms with Gasteiger partial charge in [-0.25, -0.2) is 13.6 Å². The molecule has 1 aliphatic heterocycles.